The Morgan fingerprint density at radius 3 is 2.67 bits per heavy atom. The van der Waals surface area contributed by atoms with E-state index in [-0.39, 0.29) is 5.69 Å². The normalized spacial score (nSPS) is 20.2. The summed E-state index contributed by atoms with van der Waals surface area (Å²) in [7, 11) is 0. The third-order valence-electron chi connectivity index (χ3n) is 4.04. The van der Waals surface area contributed by atoms with Crippen LogP contribution in [0.25, 0.3) is 0 Å². The van der Waals surface area contributed by atoms with Gasteiger partial charge in [0.1, 0.15) is 10.9 Å². The van der Waals surface area contributed by atoms with Gasteiger partial charge in [0.05, 0.1) is 11.5 Å². The Kier molecular flexibility index (Phi) is 3.95. The van der Waals surface area contributed by atoms with E-state index in [1.165, 1.54) is 23.9 Å². The summed E-state index contributed by atoms with van der Waals surface area (Å²) < 4.78 is 0. The number of nitro benzene ring substituents is 1. The molecule has 3 heterocycles. The van der Waals surface area contributed by atoms with Crippen molar-refractivity contribution < 1.29 is 4.92 Å². The van der Waals surface area contributed by atoms with E-state index in [1.807, 2.05) is 5.01 Å². The van der Waals surface area contributed by atoms with Crippen molar-refractivity contribution in [1.29, 1.82) is 0 Å². The lowest BCUT2D eigenvalue weighted by atomic mass is 10.2. The van der Waals surface area contributed by atoms with E-state index in [2.05, 4.69) is 21.4 Å². The minimum absolute atomic E-state index is 0.0834. The molecule has 1 aromatic carbocycles. The lowest BCUT2D eigenvalue weighted by molar-refractivity contribution is -0.384. The number of amidine groups is 1. The maximum atomic E-state index is 10.8. The quantitative estimate of drug-likeness (QED) is 0.659. The van der Waals surface area contributed by atoms with Crippen molar-refractivity contribution in [1.82, 2.24) is 15.2 Å². The van der Waals surface area contributed by atoms with E-state index in [0.29, 0.717) is 6.54 Å². The third-order valence-corrected chi connectivity index (χ3v) is 5.04. The molecule has 8 nitrogen and oxygen atoms in total. The van der Waals surface area contributed by atoms with E-state index < -0.39 is 4.92 Å². The first kappa shape index (κ1) is 15.2. The molecule has 4 rings (SSSR count). The zero-order valence-corrected chi connectivity index (χ0v) is 13.7. The zero-order chi connectivity index (χ0) is 16.5. The molecule has 1 saturated heterocycles. The molecule has 0 aliphatic carbocycles. The topological polar surface area (TPSA) is 86.4 Å². The van der Waals surface area contributed by atoms with Crippen molar-refractivity contribution in [2.75, 3.05) is 32.7 Å². The summed E-state index contributed by atoms with van der Waals surface area (Å²) >= 11 is 1.50. The summed E-state index contributed by atoms with van der Waals surface area (Å²) in [4.78, 5) is 17.4. The molecular formula is C15H16N6O2S. The highest BCUT2D eigenvalue weighted by Gasteiger charge is 2.28. The molecule has 3 aliphatic heterocycles. The van der Waals surface area contributed by atoms with Crippen molar-refractivity contribution in [3.63, 3.8) is 0 Å². The second kappa shape index (κ2) is 6.25. The van der Waals surface area contributed by atoms with Crippen LogP contribution in [-0.4, -0.2) is 57.8 Å². The molecule has 0 unspecified atom stereocenters. The average Bonchev–Trinajstić information content (AvgIpc) is 3.06. The zero-order valence-electron chi connectivity index (χ0n) is 12.9. The predicted octanol–water partition coefficient (Wildman–Crippen LogP) is 1.42. The summed E-state index contributed by atoms with van der Waals surface area (Å²) in [5.41, 5.74) is 0.950. The Morgan fingerprint density at radius 1 is 1.21 bits per heavy atom. The van der Waals surface area contributed by atoms with Gasteiger partial charge in [0.15, 0.2) is 5.17 Å². The maximum Gasteiger partial charge on any atom is 0.269 e. The molecule has 0 atom stereocenters. The number of hydrogen-bond acceptors (Lipinski definition) is 8. The van der Waals surface area contributed by atoms with Gasteiger partial charge in [-0.2, -0.15) is 5.10 Å². The minimum Gasteiger partial charge on any atom is -0.354 e. The summed E-state index contributed by atoms with van der Waals surface area (Å²) in [6.07, 6.45) is 2.09. The van der Waals surface area contributed by atoms with E-state index in [1.54, 1.807) is 12.1 Å². The molecule has 0 saturated carbocycles. The van der Waals surface area contributed by atoms with Crippen LogP contribution >= 0.6 is 11.8 Å². The first-order valence-electron chi connectivity index (χ1n) is 7.74. The first-order valence-corrected chi connectivity index (χ1v) is 8.56. The molecule has 0 spiro atoms. The number of thioether (sulfide) groups is 1. The van der Waals surface area contributed by atoms with Crippen molar-refractivity contribution in [3.05, 3.63) is 51.8 Å². The van der Waals surface area contributed by atoms with Crippen molar-refractivity contribution in [3.8, 4) is 0 Å². The fourth-order valence-electron chi connectivity index (χ4n) is 2.76. The molecule has 0 radical (unpaired) electrons. The summed E-state index contributed by atoms with van der Waals surface area (Å²) in [6, 6.07) is 6.46. The number of nitro groups is 1. The van der Waals surface area contributed by atoms with Crippen molar-refractivity contribution in [2.45, 2.75) is 0 Å². The molecule has 3 aliphatic rings. The van der Waals surface area contributed by atoms with Crippen LogP contribution in [0.1, 0.15) is 5.56 Å². The van der Waals surface area contributed by atoms with Gasteiger partial charge >= 0.3 is 0 Å². The maximum absolute atomic E-state index is 10.8. The monoisotopic (exact) mass is 344 g/mol. The van der Waals surface area contributed by atoms with Gasteiger partial charge in [-0.25, -0.2) is 10.0 Å². The van der Waals surface area contributed by atoms with Crippen LogP contribution in [0.3, 0.4) is 0 Å². The summed E-state index contributed by atoms with van der Waals surface area (Å²) in [5.74, 6) is 1.01. The van der Waals surface area contributed by atoms with Gasteiger partial charge in [-0.1, -0.05) is 0 Å². The largest absolute Gasteiger partial charge is 0.354 e. The second-order valence-electron chi connectivity index (χ2n) is 5.59. The van der Waals surface area contributed by atoms with Gasteiger partial charge < -0.3 is 10.2 Å². The number of fused-ring (bicyclic) bond motifs is 1. The van der Waals surface area contributed by atoms with Crippen molar-refractivity contribution >= 4 is 27.7 Å². The van der Waals surface area contributed by atoms with Gasteiger partial charge in [0.2, 0.25) is 0 Å². The number of nitrogens with zero attached hydrogens (tertiary/aromatic N) is 5. The molecule has 9 heteroatoms. The number of benzene rings is 1. The van der Waals surface area contributed by atoms with Crippen LogP contribution in [0, 0.1) is 10.1 Å². The number of non-ortho nitro benzene ring substituents is 1. The van der Waals surface area contributed by atoms with Crippen LogP contribution in [0.4, 0.5) is 5.69 Å². The Morgan fingerprint density at radius 2 is 1.96 bits per heavy atom. The molecule has 0 aromatic heterocycles. The molecule has 24 heavy (non-hydrogen) atoms. The Balaban J connectivity index is 1.50. The van der Waals surface area contributed by atoms with E-state index in [0.717, 1.165) is 47.8 Å². The van der Waals surface area contributed by atoms with Gasteiger partial charge in [-0.3, -0.25) is 10.1 Å². The number of nitrogens with one attached hydrogen (secondary N) is 1. The summed E-state index contributed by atoms with van der Waals surface area (Å²) in [5, 5.41) is 22.2. The van der Waals surface area contributed by atoms with Crippen LogP contribution < -0.4 is 5.32 Å². The number of aliphatic imine (C=N–C) groups is 1. The number of hydrazone groups is 1. The number of piperazine rings is 1. The Labute approximate surface area is 143 Å². The highest BCUT2D eigenvalue weighted by molar-refractivity contribution is 8.27. The molecule has 0 bridgehead atoms. The smallest absolute Gasteiger partial charge is 0.269 e. The molecule has 124 valence electrons. The molecule has 1 N–H and O–H groups in total. The first-order chi connectivity index (χ1) is 11.7. The van der Waals surface area contributed by atoms with Gasteiger partial charge in [0, 0.05) is 43.9 Å². The van der Waals surface area contributed by atoms with Crippen molar-refractivity contribution in [2.24, 2.45) is 10.1 Å². The second-order valence-corrected chi connectivity index (χ2v) is 6.54. The highest BCUT2D eigenvalue weighted by atomic mass is 32.2. The fourth-order valence-corrected chi connectivity index (χ4v) is 3.69. The molecular weight excluding hydrogens is 328 g/mol. The van der Waals surface area contributed by atoms with Crippen LogP contribution in [-0.2, 0) is 0 Å². The molecule has 1 fully saturated rings. The minimum atomic E-state index is -0.398. The van der Waals surface area contributed by atoms with Gasteiger partial charge in [-0.05, 0) is 30.0 Å². The number of rotatable bonds is 3. The Hall–Kier alpha value is -2.39. The van der Waals surface area contributed by atoms with Crippen LogP contribution in [0.15, 0.2) is 46.3 Å². The Bertz CT molecular complexity index is 752. The fraction of sp³-hybridized carbons (Fsp3) is 0.333. The van der Waals surface area contributed by atoms with Crippen LogP contribution in [0.2, 0.25) is 0 Å². The highest BCUT2D eigenvalue weighted by Crippen LogP contribution is 2.30. The van der Waals surface area contributed by atoms with Crippen LogP contribution in [0.5, 0.6) is 0 Å². The molecule has 0 amide bonds. The predicted molar refractivity (Wildman–Crippen MR) is 93.9 cm³/mol. The van der Waals surface area contributed by atoms with Gasteiger partial charge in [-0.15, -0.1) is 0 Å². The van der Waals surface area contributed by atoms with E-state index in [4.69, 9.17) is 4.99 Å². The number of hydrogen-bond donors (Lipinski definition) is 1. The lowest BCUT2D eigenvalue weighted by Crippen LogP contribution is -2.43. The standard InChI is InChI=1S/C15H16N6O2S/c22-21(23)12-3-1-11(2-4-12)14-18-20-8-5-13(17-15(20)24-14)19-9-6-16-7-10-19/h1-5,16H,6-10H2. The van der Waals surface area contributed by atoms with E-state index in [9.17, 15) is 10.1 Å². The summed E-state index contributed by atoms with van der Waals surface area (Å²) in [6.45, 7) is 4.57. The third kappa shape index (κ3) is 2.87. The van der Waals surface area contributed by atoms with Gasteiger partial charge in [0.25, 0.3) is 5.69 Å². The molecule has 1 aromatic rings. The average molecular weight is 344 g/mol. The van der Waals surface area contributed by atoms with E-state index >= 15 is 0 Å². The SMILES string of the molecule is O=[N+]([O-])c1ccc(C2=NN3CC=C(N4CCNCC4)N=C3S2)cc1. The lowest BCUT2D eigenvalue weighted by Gasteiger charge is -2.31.